The number of aryl methyl sites for hydroxylation is 1. The normalized spacial score (nSPS) is 15.3. The number of hydrogen-bond acceptors (Lipinski definition) is 2. The van der Waals surface area contributed by atoms with E-state index in [-0.39, 0.29) is 12.5 Å². The van der Waals surface area contributed by atoms with Crippen molar-refractivity contribution in [1.29, 1.82) is 0 Å². The molecule has 0 saturated carbocycles. The van der Waals surface area contributed by atoms with Crippen LogP contribution in [0.15, 0.2) is 18.2 Å². The Kier molecular flexibility index (Phi) is 5.68. The van der Waals surface area contributed by atoms with Crippen LogP contribution in [0.1, 0.15) is 18.4 Å². The maximum atomic E-state index is 11.7. The van der Waals surface area contributed by atoms with E-state index in [1.54, 1.807) is 17.0 Å². The highest BCUT2D eigenvalue weighted by Gasteiger charge is 2.14. The maximum absolute atomic E-state index is 11.7. The molecule has 1 fully saturated rings. The Hall–Kier alpha value is -1.26. The molecular weight excluding hydrogens is 276 g/mol. The average molecular weight is 298 g/mol. The summed E-state index contributed by atoms with van der Waals surface area (Å²) in [4.78, 5) is 13.3. The van der Waals surface area contributed by atoms with E-state index in [4.69, 9.17) is 16.3 Å². The highest BCUT2D eigenvalue weighted by molar-refractivity contribution is 6.30. The summed E-state index contributed by atoms with van der Waals surface area (Å²) < 4.78 is 5.50. The van der Waals surface area contributed by atoms with E-state index in [1.807, 2.05) is 13.0 Å². The lowest BCUT2D eigenvalue weighted by Crippen LogP contribution is -3.10. The fourth-order valence-corrected chi connectivity index (χ4v) is 2.70. The van der Waals surface area contributed by atoms with Crippen molar-refractivity contribution in [3.8, 4) is 5.75 Å². The first-order chi connectivity index (χ1) is 9.65. The van der Waals surface area contributed by atoms with Crippen molar-refractivity contribution in [1.82, 2.24) is 5.32 Å². The van der Waals surface area contributed by atoms with Crippen LogP contribution in [0.2, 0.25) is 5.02 Å². The summed E-state index contributed by atoms with van der Waals surface area (Å²) in [5.41, 5.74) is 0.937. The van der Waals surface area contributed by atoms with E-state index in [2.05, 4.69) is 5.32 Å². The third kappa shape index (κ3) is 4.69. The third-order valence-electron chi connectivity index (χ3n) is 3.61. The zero-order chi connectivity index (χ0) is 14.4. The van der Waals surface area contributed by atoms with E-state index in [9.17, 15) is 4.79 Å². The van der Waals surface area contributed by atoms with Crippen molar-refractivity contribution in [3.63, 3.8) is 0 Å². The Bertz CT molecular complexity index is 459. The van der Waals surface area contributed by atoms with Gasteiger partial charge in [-0.05, 0) is 30.7 Å². The van der Waals surface area contributed by atoms with Crippen molar-refractivity contribution in [3.05, 3.63) is 28.8 Å². The Balaban J connectivity index is 1.66. The number of benzene rings is 1. The van der Waals surface area contributed by atoms with Gasteiger partial charge in [-0.15, -0.1) is 0 Å². The molecule has 1 aliphatic rings. The number of likely N-dealkylation sites (tertiary alicyclic amines) is 1. The van der Waals surface area contributed by atoms with E-state index in [0.717, 1.165) is 18.7 Å². The van der Waals surface area contributed by atoms with Gasteiger partial charge < -0.3 is 15.0 Å². The second-order valence-electron chi connectivity index (χ2n) is 5.26. The highest BCUT2D eigenvalue weighted by atomic mass is 35.5. The number of carbonyl (C=O) groups excluding carboxylic acids is 1. The molecule has 5 heteroatoms. The number of rotatable bonds is 6. The minimum Gasteiger partial charge on any atom is -0.484 e. The monoisotopic (exact) mass is 297 g/mol. The van der Waals surface area contributed by atoms with Crippen molar-refractivity contribution >= 4 is 17.5 Å². The van der Waals surface area contributed by atoms with E-state index < -0.39 is 0 Å². The lowest BCUT2D eigenvalue weighted by Gasteiger charge is -2.13. The molecule has 1 aromatic carbocycles. The van der Waals surface area contributed by atoms with Gasteiger partial charge in [0.25, 0.3) is 5.91 Å². The summed E-state index contributed by atoms with van der Waals surface area (Å²) in [5.74, 6) is 0.632. The van der Waals surface area contributed by atoms with Crippen molar-refractivity contribution < 1.29 is 14.4 Å². The van der Waals surface area contributed by atoms with Crippen LogP contribution in [0, 0.1) is 6.92 Å². The standard InChI is InChI=1S/C15H21ClN2O2/c1-12-10-13(16)4-5-14(12)20-11-15(19)17-6-9-18-7-2-3-8-18/h4-5,10H,2-3,6-9,11H2,1H3,(H,17,19)/p+1. The van der Waals surface area contributed by atoms with Gasteiger partial charge in [-0.25, -0.2) is 0 Å². The average Bonchev–Trinajstić information content (AvgIpc) is 2.91. The summed E-state index contributed by atoms with van der Waals surface area (Å²) in [6.07, 6.45) is 2.62. The molecular formula is C15H22ClN2O2+. The molecule has 1 amide bonds. The van der Waals surface area contributed by atoms with Crippen LogP contribution in [0.25, 0.3) is 0 Å². The number of carbonyl (C=O) groups is 1. The molecule has 0 spiro atoms. The van der Waals surface area contributed by atoms with Gasteiger partial charge >= 0.3 is 0 Å². The summed E-state index contributed by atoms with van der Waals surface area (Å²) in [7, 11) is 0. The van der Waals surface area contributed by atoms with Crippen LogP contribution >= 0.6 is 11.6 Å². The molecule has 2 rings (SSSR count). The van der Waals surface area contributed by atoms with Crippen LogP contribution in [-0.4, -0.2) is 38.7 Å². The first-order valence-electron chi connectivity index (χ1n) is 7.14. The van der Waals surface area contributed by atoms with Gasteiger partial charge in [-0.3, -0.25) is 4.79 Å². The fourth-order valence-electron chi connectivity index (χ4n) is 2.47. The SMILES string of the molecule is Cc1cc(Cl)ccc1OCC(=O)NCC[NH+]1CCCC1. The molecule has 1 saturated heterocycles. The number of quaternary nitrogens is 1. The molecule has 2 N–H and O–H groups in total. The molecule has 0 radical (unpaired) electrons. The van der Waals surface area contributed by atoms with Gasteiger partial charge in [0.2, 0.25) is 0 Å². The first kappa shape index (κ1) is 15.1. The molecule has 0 unspecified atom stereocenters. The molecule has 0 atom stereocenters. The molecule has 4 nitrogen and oxygen atoms in total. The van der Waals surface area contributed by atoms with Crippen LogP contribution < -0.4 is 15.0 Å². The second kappa shape index (κ2) is 7.50. The van der Waals surface area contributed by atoms with Gasteiger partial charge in [-0.2, -0.15) is 0 Å². The molecule has 0 aliphatic carbocycles. The molecule has 0 aromatic heterocycles. The van der Waals surface area contributed by atoms with Crippen LogP contribution in [0.4, 0.5) is 0 Å². The molecule has 110 valence electrons. The number of hydrogen-bond donors (Lipinski definition) is 2. The quantitative estimate of drug-likeness (QED) is 0.816. The zero-order valence-electron chi connectivity index (χ0n) is 11.9. The number of nitrogens with one attached hydrogen (secondary N) is 2. The predicted molar refractivity (Wildman–Crippen MR) is 79.5 cm³/mol. The van der Waals surface area contributed by atoms with E-state index >= 15 is 0 Å². The maximum Gasteiger partial charge on any atom is 0.258 e. The minimum atomic E-state index is -0.0713. The third-order valence-corrected chi connectivity index (χ3v) is 3.84. The van der Waals surface area contributed by atoms with E-state index in [0.29, 0.717) is 10.8 Å². The van der Waals surface area contributed by atoms with Gasteiger partial charge in [-0.1, -0.05) is 11.6 Å². The smallest absolute Gasteiger partial charge is 0.258 e. The molecule has 0 bridgehead atoms. The highest BCUT2D eigenvalue weighted by Crippen LogP contribution is 2.21. The Morgan fingerprint density at radius 2 is 2.15 bits per heavy atom. The number of ether oxygens (including phenoxy) is 1. The lowest BCUT2D eigenvalue weighted by atomic mass is 10.2. The summed E-state index contributed by atoms with van der Waals surface area (Å²) in [6.45, 7) is 6.16. The second-order valence-corrected chi connectivity index (χ2v) is 5.69. The molecule has 1 aromatic rings. The molecule has 1 heterocycles. The minimum absolute atomic E-state index is 0.0534. The van der Waals surface area contributed by atoms with Gasteiger partial charge in [0.1, 0.15) is 5.75 Å². The van der Waals surface area contributed by atoms with Crippen LogP contribution in [0.3, 0.4) is 0 Å². The van der Waals surface area contributed by atoms with E-state index in [1.165, 1.54) is 25.9 Å². The van der Waals surface area contributed by atoms with Crippen LogP contribution in [-0.2, 0) is 4.79 Å². The first-order valence-corrected chi connectivity index (χ1v) is 7.52. The van der Waals surface area contributed by atoms with Gasteiger partial charge in [0.05, 0.1) is 26.2 Å². The summed E-state index contributed by atoms with van der Waals surface area (Å²) in [5, 5.41) is 3.57. The lowest BCUT2D eigenvalue weighted by molar-refractivity contribution is -0.886. The molecule has 20 heavy (non-hydrogen) atoms. The van der Waals surface area contributed by atoms with Gasteiger partial charge in [0.15, 0.2) is 6.61 Å². The van der Waals surface area contributed by atoms with Crippen molar-refractivity contribution in [2.45, 2.75) is 19.8 Å². The van der Waals surface area contributed by atoms with Crippen molar-refractivity contribution in [2.75, 3.05) is 32.8 Å². The topological polar surface area (TPSA) is 42.8 Å². The van der Waals surface area contributed by atoms with Crippen LogP contribution in [0.5, 0.6) is 5.75 Å². The molecule has 1 aliphatic heterocycles. The zero-order valence-corrected chi connectivity index (χ0v) is 12.6. The fraction of sp³-hybridized carbons (Fsp3) is 0.533. The number of amides is 1. The summed E-state index contributed by atoms with van der Waals surface area (Å²) in [6, 6.07) is 5.38. The number of halogens is 1. The Morgan fingerprint density at radius 1 is 1.40 bits per heavy atom. The largest absolute Gasteiger partial charge is 0.484 e. The Morgan fingerprint density at radius 3 is 2.85 bits per heavy atom. The predicted octanol–water partition coefficient (Wildman–Crippen LogP) is 0.822. The summed E-state index contributed by atoms with van der Waals surface area (Å²) >= 11 is 5.87. The van der Waals surface area contributed by atoms with Crippen molar-refractivity contribution in [2.24, 2.45) is 0 Å². The Labute approximate surface area is 125 Å². The van der Waals surface area contributed by atoms with Gasteiger partial charge in [0, 0.05) is 17.9 Å².